The second-order valence-electron chi connectivity index (χ2n) is 5.07. The lowest BCUT2D eigenvalue weighted by atomic mass is 10.0. The lowest BCUT2D eigenvalue weighted by Gasteiger charge is -2.20. The van der Waals surface area contributed by atoms with Gasteiger partial charge in [-0.15, -0.1) is 0 Å². The van der Waals surface area contributed by atoms with Crippen LogP contribution in [0.5, 0.6) is 0 Å². The molecule has 2 heteroatoms. The highest BCUT2D eigenvalue weighted by atomic mass is 15.0. The fraction of sp³-hybridized carbons (Fsp3) is 0.571. The van der Waals surface area contributed by atoms with Gasteiger partial charge in [-0.2, -0.15) is 0 Å². The summed E-state index contributed by atoms with van der Waals surface area (Å²) in [6, 6.07) is 10.2. The van der Waals surface area contributed by atoms with E-state index in [4.69, 9.17) is 5.73 Å². The molecule has 2 nitrogen and oxygen atoms in total. The summed E-state index contributed by atoms with van der Waals surface area (Å²) in [5.41, 5.74) is 8.63. The SMILES string of the molecule is Cc1cccc([C@H](C)NC2CCC(N)C2)c1. The molecule has 0 spiro atoms. The summed E-state index contributed by atoms with van der Waals surface area (Å²) in [5, 5.41) is 3.67. The molecule has 1 saturated carbocycles. The highest BCUT2D eigenvalue weighted by Crippen LogP contribution is 2.21. The van der Waals surface area contributed by atoms with E-state index in [0.717, 1.165) is 12.8 Å². The third-order valence-electron chi connectivity index (χ3n) is 3.50. The molecule has 1 aromatic carbocycles. The van der Waals surface area contributed by atoms with Crippen molar-refractivity contribution in [1.29, 1.82) is 0 Å². The molecule has 1 aliphatic rings. The lowest BCUT2D eigenvalue weighted by molar-refractivity contribution is 0.457. The van der Waals surface area contributed by atoms with E-state index in [9.17, 15) is 0 Å². The molecule has 1 aromatic rings. The van der Waals surface area contributed by atoms with Crippen molar-refractivity contribution in [1.82, 2.24) is 5.32 Å². The van der Waals surface area contributed by atoms with E-state index in [-0.39, 0.29) is 0 Å². The normalized spacial score (nSPS) is 26.9. The van der Waals surface area contributed by atoms with Crippen LogP contribution in [0.2, 0.25) is 0 Å². The average molecular weight is 218 g/mol. The number of aryl methyl sites for hydroxylation is 1. The van der Waals surface area contributed by atoms with Crippen LogP contribution in [0.15, 0.2) is 24.3 Å². The van der Waals surface area contributed by atoms with Gasteiger partial charge in [-0.3, -0.25) is 0 Å². The standard InChI is InChI=1S/C14H22N2/c1-10-4-3-5-12(8-10)11(2)16-14-7-6-13(15)9-14/h3-5,8,11,13-14,16H,6-7,9,15H2,1-2H3/t11-,13?,14?/m0/s1. The Kier molecular flexibility index (Phi) is 3.62. The van der Waals surface area contributed by atoms with Crippen molar-refractivity contribution in [2.75, 3.05) is 0 Å². The molecule has 88 valence electrons. The molecule has 1 fully saturated rings. The smallest absolute Gasteiger partial charge is 0.0294 e. The Balaban J connectivity index is 1.95. The van der Waals surface area contributed by atoms with Crippen molar-refractivity contribution in [3.05, 3.63) is 35.4 Å². The van der Waals surface area contributed by atoms with Crippen LogP contribution in [-0.2, 0) is 0 Å². The summed E-state index contributed by atoms with van der Waals surface area (Å²) in [6.07, 6.45) is 3.51. The maximum atomic E-state index is 5.92. The van der Waals surface area contributed by atoms with Crippen LogP contribution in [0.3, 0.4) is 0 Å². The third-order valence-corrected chi connectivity index (χ3v) is 3.50. The molecule has 0 bridgehead atoms. The first kappa shape index (κ1) is 11.6. The molecule has 0 radical (unpaired) electrons. The van der Waals surface area contributed by atoms with E-state index >= 15 is 0 Å². The fourth-order valence-electron chi connectivity index (χ4n) is 2.56. The molecule has 3 atom stereocenters. The van der Waals surface area contributed by atoms with Gasteiger partial charge in [0.05, 0.1) is 0 Å². The Morgan fingerprint density at radius 1 is 1.38 bits per heavy atom. The van der Waals surface area contributed by atoms with Crippen molar-refractivity contribution in [2.45, 2.75) is 51.2 Å². The van der Waals surface area contributed by atoms with Crippen molar-refractivity contribution < 1.29 is 0 Å². The Morgan fingerprint density at radius 3 is 2.81 bits per heavy atom. The minimum atomic E-state index is 0.405. The van der Waals surface area contributed by atoms with E-state index in [0.29, 0.717) is 18.1 Å². The first-order chi connectivity index (χ1) is 7.65. The minimum Gasteiger partial charge on any atom is -0.328 e. The van der Waals surface area contributed by atoms with Crippen LogP contribution in [0, 0.1) is 6.92 Å². The topological polar surface area (TPSA) is 38.0 Å². The average Bonchev–Trinajstić information content (AvgIpc) is 2.64. The van der Waals surface area contributed by atoms with Gasteiger partial charge in [0.15, 0.2) is 0 Å². The van der Waals surface area contributed by atoms with Crippen molar-refractivity contribution in [3.8, 4) is 0 Å². The number of nitrogens with one attached hydrogen (secondary N) is 1. The maximum Gasteiger partial charge on any atom is 0.0294 e. The Hall–Kier alpha value is -0.860. The molecule has 2 unspecified atom stereocenters. The summed E-state index contributed by atoms with van der Waals surface area (Å²) in [4.78, 5) is 0. The molecule has 2 rings (SSSR count). The van der Waals surface area contributed by atoms with Gasteiger partial charge in [0, 0.05) is 18.1 Å². The van der Waals surface area contributed by atoms with E-state index in [1.807, 2.05) is 0 Å². The second kappa shape index (κ2) is 4.98. The Labute approximate surface area is 98.2 Å². The maximum absolute atomic E-state index is 5.92. The van der Waals surface area contributed by atoms with Gasteiger partial charge >= 0.3 is 0 Å². The monoisotopic (exact) mass is 218 g/mol. The quantitative estimate of drug-likeness (QED) is 0.818. The third kappa shape index (κ3) is 2.83. The van der Waals surface area contributed by atoms with Crippen LogP contribution in [0.4, 0.5) is 0 Å². The highest BCUT2D eigenvalue weighted by molar-refractivity contribution is 5.24. The van der Waals surface area contributed by atoms with Gasteiger partial charge in [-0.1, -0.05) is 29.8 Å². The Morgan fingerprint density at radius 2 is 2.19 bits per heavy atom. The van der Waals surface area contributed by atoms with Crippen LogP contribution in [0.1, 0.15) is 43.4 Å². The van der Waals surface area contributed by atoms with Gasteiger partial charge in [-0.05, 0) is 38.7 Å². The van der Waals surface area contributed by atoms with Gasteiger partial charge in [0.25, 0.3) is 0 Å². The summed E-state index contributed by atoms with van der Waals surface area (Å²) in [6.45, 7) is 4.38. The fourth-order valence-corrected chi connectivity index (χ4v) is 2.56. The van der Waals surface area contributed by atoms with Gasteiger partial charge in [-0.25, -0.2) is 0 Å². The van der Waals surface area contributed by atoms with Gasteiger partial charge in [0.2, 0.25) is 0 Å². The zero-order valence-corrected chi connectivity index (χ0v) is 10.2. The predicted molar refractivity (Wildman–Crippen MR) is 68.3 cm³/mol. The summed E-state index contributed by atoms with van der Waals surface area (Å²) in [7, 11) is 0. The van der Waals surface area contributed by atoms with E-state index in [2.05, 4.69) is 43.4 Å². The highest BCUT2D eigenvalue weighted by Gasteiger charge is 2.22. The number of hydrogen-bond donors (Lipinski definition) is 2. The van der Waals surface area contributed by atoms with Crippen LogP contribution in [-0.4, -0.2) is 12.1 Å². The summed E-state index contributed by atoms with van der Waals surface area (Å²) < 4.78 is 0. The number of benzene rings is 1. The first-order valence-electron chi connectivity index (χ1n) is 6.23. The molecule has 0 aliphatic heterocycles. The molecular weight excluding hydrogens is 196 g/mol. The molecule has 1 aliphatic carbocycles. The van der Waals surface area contributed by atoms with E-state index in [1.165, 1.54) is 17.5 Å². The van der Waals surface area contributed by atoms with Crippen molar-refractivity contribution >= 4 is 0 Å². The molecule has 3 N–H and O–H groups in total. The minimum absolute atomic E-state index is 0.405. The molecule has 0 aromatic heterocycles. The molecule has 0 saturated heterocycles. The summed E-state index contributed by atoms with van der Waals surface area (Å²) >= 11 is 0. The molecule has 0 amide bonds. The lowest BCUT2D eigenvalue weighted by Crippen LogP contribution is -2.30. The number of hydrogen-bond acceptors (Lipinski definition) is 2. The zero-order valence-electron chi connectivity index (χ0n) is 10.2. The second-order valence-corrected chi connectivity index (χ2v) is 5.07. The predicted octanol–water partition coefficient (Wildman–Crippen LogP) is 2.53. The van der Waals surface area contributed by atoms with Crippen molar-refractivity contribution in [2.24, 2.45) is 5.73 Å². The van der Waals surface area contributed by atoms with E-state index in [1.54, 1.807) is 0 Å². The summed E-state index contributed by atoms with van der Waals surface area (Å²) in [5.74, 6) is 0. The largest absolute Gasteiger partial charge is 0.328 e. The molecule has 16 heavy (non-hydrogen) atoms. The number of nitrogens with two attached hydrogens (primary N) is 1. The first-order valence-corrected chi connectivity index (χ1v) is 6.23. The molecule has 0 heterocycles. The zero-order chi connectivity index (χ0) is 11.5. The van der Waals surface area contributed by atoms with Crippen LogP contribution >= 0.6 is 0 Å². The Bertz CT molecular complexity index is 348. The van der Waals surface area contributed by atoms with E-state index < -0.39 is 0 Å². The van der Waals surface area contributed by atoms with Gasteiger partial charge < -0.3 is 11.1 Å². The van der Waals surface area contributed by atoms with Crippen LogP contribution in [0.25, 0.3) is 0 Å². The number of rotatable bonds is 3. The molecular formula is C14H22N2. The van der Waals surface area contributed by atoms with Crippen LogP contribution < -0.4 is 11.1 Å². The van der Waals surface area contributed by atoms with Gasteiger partial charge in [0.1, 0.15) is 0 Å². The van der Waals surface area contributed by atoms with Crippen molar-refractivity contribution in [3.63, 3.8) is 0 Å².